The summed E-state index contributed by atoms with van der Waals surface area (Å²) in [6, 6.07) is 9.72. The number of anilines is 2. The number of benzene rings is 1. The average molecular weight is 492 g/mol. The van der Waals surface area contributed by atoms with E-state index in [9.17, 15) is 19.2 Å². The minimum atomic E-state index is -0.633. The first-order chi connectivity index (χ1) is 17.0. The van der Waals surface area contributed by atoms with Gasteiger partial charge in [0.25, 0.3) is 5.91 Å². The van der Waals surface area contributed by atoms with Gasteiger partial charge in [0.15, 0.2) is 12.4 Å². The Morgan fingerprint density at radius 2 is 1.77 bits per heavy atom. The Kier molecular flexibility index (Phi) is 7.67. The molecule has 9 heteroatoms. The number of Topliss-reactive ketones (excluding diaryl/α,β-unsaturated/α-hetero) is 1. The van der Waals surface area contributed by atoms with Gasteiger partial charge in [0.05, 0.1) is 11.1 Å². The first-order valence-corrected chi connectivity index (χ1v) is 12.2. The Morgan fingerprint density at radius 3 is 2.49 bits per heavy atom. The summed E-state index contributed by atoms with van der Waals surface area (Å²) in [5, 5.41) is 5.98. The second-order valence-electron chi connectivity index (χ2n) is 8.09. The highest BCUT2D eigenvalue weighted by atomic mass is 32.1. The van der Waals surface area contributed by atoms with Gasteiger partial charge >= 0.3 is 5.97 Å². The lowest BCUT2D eigenvalue weighted by molar-refractivity contribution is -0.115. The molecule has 0 aliphatic heterocycles. The third-order valence-corrected chi connectivity index (χ3v) is 6.88. The molecule has 1 aromatic carbocycles. The molecule has 1 aliphatic rings. The third-order valence-electron chi connectivity index (χ3n) is 5.67. The van der Waals surface area contributed by atoms with Gasteiger partial charge in [-0.1, -0.05) is 6.92 Å². The van der Waals surface area contributed by atoms with Crippen molar-refractivity contribution in [2.75, 3.05) is 17.2 Å². The zero-order chi connectivity index (χ0) is 24.8. The Morgan fingerprint density at radius 1 is 1.00 bits per heavy atom. The molecule has 0 spiro atoms. The summed E-state index contributed by atoms with van der Waals surface area (Å²) in [6.07, 6.45) is 6.91. The van der Waals surface area contributed by atoms with E-state index in [-0.39, 0.29) is 17.6 Å². The van der Waals surface area contributed by atoms with Crippen molar-refractivity contribution in [1.29, 1.82) is 0 Å². The topological polar surface area (TPSA) is 114 Å². The minimum Gasteiger partial charge on any atom is -0.454 e. The molecule has 0 fully saturated rings. The summed E-state index contributed by atoms with van der Waals surface area (Å²) in [7, 11) is 0. The van der Waals surface area contributed by atoms with Crippen LogP contribution in [0.15, 0.2) is 48.8 Å². The molecule has 0 unspecified atom stereocenters. The number of ether oxygens (including phenoxy) is 1. The molecule has 1 aliphatic carbocycles. The zero-order valence-corrected chi connectivity index (χ0v) is 20.1. The molecule has 180 valence electrons. The summed E-state index contributed by atoms with van der Waals surface area (Å²) in [5.74, 6) is -1.48. The van der Waals surface area contributed by atoms with E-state index in [1.807, 2.05) is 0 Å². The standard InChI is InChI=1S/C26H25N3O5S/c1-2-22(31)28-18-11-9-16(10-12-18)20(30)15-34-26(33)23-19-7-3-4-8-21(19)35-25(23)29-24(32)17-6-5-13-27-14-17/h5-6,9-14H,2-4,7-8,15H2,1H3,(H,28,31)(H,29,32). The summed E-state index contributed by atoms with van der Waals surface area (Å²) in [4.78, 5) is 54.9. The Balaban J connectivity index is 1.46. The van der Waals surface area contributed by atoms with E-state index in [2.05, 4.69) is 15.6 Å². The van der Waals surface area contributed by atoms with E-state index in [0.717, 1.165) is 36.1 Å². The van der Waals surface area contributed by atoms with Gasteiger partial charge in [-0.05, 0) is 67.6 Å². The zero-order valence-electron chi connectivity index (χ0n) is 19.3. The van der Waals surface area contributed by atoms with Crippen LogP contribution in [0.2, 0.25) is 0 Å². The molecule has 0 radical (unpaired) electrons. The Labute approximate surface area is 206 Å². The van der Waals surface area contributed by atoms with Crippen molar-refractivity contribution < 1.29 is 23.9 Å². The van der Waals surface area contributed by atoms with E-state index in [1.54, 1.807) is 49.5 Å². The smallest absolute Gasteiger partial charge is 0.341 e. The monoisotopic (exact) mass is 491 g/mol. The number of aromatic nitrogens is 1. The first kappa shape index (κ1) is 24.3. The molecule has 4 rings (SSSR count). The van der Waals surface area contributed by atoms with Gasteiger partial charge in [0.2, 0.25) is 5.91 Å². The number of aryl methyl sites for hydroxylation is 1. The van der Waals surface area contributed by atoms with Crippen molar-refractivity contribution >= 4 is 45.6 Å². The molecular formula is C26H25N3O5S. The number of carbonyl (C=O) groups excluding carboxylic acids is 4. The van der Waals surface area contributed by atoms with Gasteiger partial charge in [-0.25, -0.2) is 4.79 Å². The lowest BCUT2D eigenvalue weighted by atomic mass is 9.95. The fourth-order valence-corrected chi connectivity index (χ4v) is 5.09. The number of ketones is 1. The SMILES string of the molecule is CCC(=O)Nc1ccc(C(=O)COC(=O)c2c(NC(=O)c3cccnc3)sc3c2CCCC3)cc1. The molecule has 0 saturated carbocycles. The maximum Gasteiger partial charge on any atom is 0.341 e. The molecule has 2 aromatic heterocycles. The quantitative estimate of drug-likeness (QED) is 0.350. The van der Waals surface area contributed by atoms with Crippen molar-refractivity contribution in [3.05, 3.63) is 75.9 Å². The van der Waals surface area contributed by atoms with Crippen LogP contribution in [-0.4, -0.2) is 35.2 Å². The van der Waals surface area contributed by atoms with Crippen molar-refractivity contribution in [1.82, 2.24) is 4.98 Å². The van der Waals surface area contributed by atoms with Gasteiger partial charge in [0.1, 0.15) is 5.00 Å². The Bertz CT molecular complexity index is 1250. The normalized spacial score (nSPS) is 12.4. The molecule has 0 atom stereocenters. The van der Waals surface area contributed by atoms with Crippen LogP contribution in [0, 0.1) is 0 Å². The highest BCUT2D eigenvalue weighted by Crippen LogP contribution is 2.38. The van der Waals surface area contributed by atoms with Crippen LogP contribution in [0.5, 0.6) is 0 Å². The number of nitrogens with one attached hydrogen (secondary N) is 2. The van der Waals surface area contributed by atoms with Gasteiger partial charge in [-0.15, -0.1) is 11.3 Å². The molecule has 8 nitrogen and oxygen atoms in total. The second-order valence-corrected chi connectivity index (χ2v) is 9.19. The molecule has 2 amide bonds. The molecule has 0 bridgehead atoms. The predicted molar refractivity (Wildman–Crippen MR) is 133 cm³/mol. The first-order valence-electron chi connectivity index (χ1n) is 11.4. The predicted octanol–water partition coefficient (Wildman–Crippen LogP) is 4.66. The lowest BCUT2D eigenvalue weighted by Gasteiger charge is -2.13. The van der Waals surface area contributed by atoms with E-state index in [0.29, 0.717) is 33.8 Å². The highest BCUT2D eigenvalue weighted by Gasteiger charge is 2.28. The van der Waals surface area contributed by atoms with Gasteiger partial charge in [-0.3, -0.25) is 19.4 Å². The molecule has 3 aromatic rings. The number of fused-ring (bicyclic) bond motifs is 1. The number of amides is 2. The molecule has 0 saturated heterocycles. The number of carbonyl (C=O) groups is 4. The average Bonchev–Trinajstić information content (AvgIpc) is 3.25. The highest BCUT2D eigenvalue weighted by molar-refractivity contribution is 7.17. The third kappa shape index (κ3) is 5.81. The number of thiophene rings is 1. The van der Waals surface area contributed by atoms with E-state index >= 15 is 0 Å². The largest absolute Gasteiger partial charge is 0.454 e. The van der Waals surface area contributed by atoms with Gasteiger partial charge in [-0.2, -0.15) is 0 Å². The van der Waals surface area contributed by atoms with Crippen LogP contribution in [0.4, 0.5) is 10.7 Å². The molecular weight excluding hydrogens is 466 g/mol. The number of pyridine rings is 1. The lowest BCUT2D eigenvalue weighted by Crippen LogP contribution is -2.18. The van der Waals surface area contributed by atoms with Crippen molar-refractivity contribution in [3.63, 3.8) is 0 Å². The van der Waals surface area contributed by atoms with Crippen molar-refractivity contribution in [2.24, 2.45) is 0 Å². The van der Waals surface area contributed by atoms with Crippen LogP contribution in [0.3, 0.4) is 0 Å². The Hall–Kier alpha value is -3.85. The molecule has 35 heavy (non-hydrogen) atoms. The van der Waals surface area contributed by atoms with Gasteiger partial charge in [0, 0.05) is 34.9 Å². The van der Waals surface area contributed by atoms with Crippen molar-refractivity contribution in [2.45, 2.75) is 39.0 Å². The summed E-state index contributed by atoms with van der Waals surface area (Å²) >= 11 is 1.38. The number of hydrogen-bond acceptors (Lipinski definition) is 7. The number of esters is 1. The van der Waals surface area contributed by atoms with Crippen LogP contribution < -0.4 is 10.6 Å². The van der Waals surface area contributed by atoms with Crippen LogP contribution in [0.1, 0.15) is 67.7 Å². The summed E-state index contributed by atoms with van der Waals surface area (Å²) in [5.41, 5.74) is 2.55. The van der Waals surface area contributed by atoms with Crippen LogP contribution in [-0.2, 0) is 22.4 Å². The van der Waals surface area contributed by atoms with Crippen LogP contribution >= 0.6 is 11.3 Å². The van der Waals surface area contributed by atoms with Gasteiger partial charge < -0.3 is 15.4 Å². The molecule has 2 heterocycles. The maximum absolute atomic E-state index is 13.1. The number of hydrogen-bond donors (Lipinski definition) is 2. The summed E-state index contributed by atoms with van der Waals surface area (Å²) < 4.78 is 5.39. The fourth-order valence-electron chi connectivity index (χ4n) is 3.82. The number of rotatable bonds is 8. The second kappa shape index (κ2) is 11.1. The minimum absolute atomic E-state index is 0.122. The molecule has 2 N–H and O–H groups in total. The maximum atomic E-state index is 13.1. The van der Waals surface area contributed by atoms with Crippen LogP contribution in [0.25, 0.3) is 0 Å². The number of nitrogens with zero attached hydrogens (tertiary/aromatic N) is 1. The fraction of sp³-hybridized carbons (Fsp3) is 0.269. The summed E-state index contributed by atoms with van der Waals surface area (Å²) in [6.45, 7) is 1.32. The van der Waals surface area contributed by atoms with E-state index in [4.69, 9.17) is 4.74 Å². The van der Waals surface area contributed by atoms with E-state index < -0.39 is 12.6 Å². The van der Waals surface area contributed by atoms with Crippen molar-refractivity contribution in [3.8, 4) is 0 Å². The van der Waals surface area contributed by atoms with E-state index in [1.165, 1.54) is 17.5 Å².